The Kier molecular flexibility index (Phi) is 2.82. The molecule has 0 aliphatic heterocycles. The molecule has 0 N–H and O–H groups in total. The van der Waals surface area contributed by atoms with Crippen LogP contribution in [0.4, 0.5) is 0 Å². The van der Waals surface area contributed by atoms with Gasteiger partial charge in [-0.05, 0) is 58.8 Å². The molecule has 0 atom stereocenters. The third-order valence-electron chi connectivity index (χ3n) is 5.69. The summed E-state index contributed by atoms with van der Waals surface area (Å²) in [5.74, 6) is 0. The number of aryl methyl sites for hydroxylation is 1. The summed E-state index contributed by atoms with van der Waals surface area (Å²) in [4.78, 5) is 0. The minimum absolute atomic E-state index is 0.0374. The third-order valence-corrected chi connectivity index (χ3v) is 5.69. The van der Waals surface area contributed by atoms with Crippen molar-refractivity contribution in [2.24, 2.45) is 0 Å². The first-order valence-corrected chi connectivity index (χ1v) is 8.88. The van der Waals surface area contributed by atoms with E-state index < -0.39 is 0 Å². The first-order chi connectivity index (χ1) is 12.1. The Balaban J connectivity index is 1.74. The van der Waals surface area contributed by atoms with Crippen molar-refractivity contribution in [1.82, 2.24) is 4.57 Å². The van der Waals surface area contributed by atoms with Crippen LogP contribution in [-0.2, 0) is 5.41 Å². The summed E-state index contributed by atoms with van der Waals surface area (Å²) in [7, 11) is 0. The number of benzene rings is 3. The molecule has 1 heterocycles. The number of hydrogen-bond donors (Lipinski definition) is 0. The maximum absolute atomic E-state index is 2.37. The fourth-order valence-corrected chi connectivity index (χ4v) is 4.30. The molecule has 0 amide bonds. The average Bonchev–Trinajstić information content (AvgIpc) is 3.13. The van der Waals surface area contributed by atoms with Crippen molar-refractivity contribution < 1.29 is 0 Å². The van der Waals surface area contributed by atoms with Crippen molar-refractivity contribution in [1.29, 1.82) is 0 Å². The second kappa shape index (κ2) is 4.86. The summed E-state index contributed by atoms with van der Waals surface area (Å²) in [6, 6.07) is 24.5. The summed E-state index contributed by atoms with van der Waals surface area (Å²) in [5.41, 5.74) is 9.48. The summed E-state index contributed by atoms with van der Waals surface area (Å²) >= 11 is 0. The van der Waals surface area contributed by atoms with E-state index in [2.05, 4.69) is 98.3 Å². The molecule has 1 aliphatic rings. The molecule has 0 fully saturated rings. The molecule has 25 heavy (non-hydrogen) atoms. The average molecular weight is 323 g/mol. The van der Waals surface area contributed by atoms with Gasteiger partial charge in [0, 0.05) is 17.3 Å². The van der Waals surface area contributed by atoms with E-state index in [-0.39, 0.29) is 5.41 Å². The third kappa shape index (κ3) is 1.96. The van der Waals surface area contributed by atoms with Crippen molar-refractivity contribution in [3.63, 3.8) is 0 Å². The molecule has 0 radical (unpaired) electrons. The van der Waals surface area contributed by atoms with Gasteiger partial charge in [0.05, 0.1) is 5.52 Å². The van der Waals surface area contributed by atoms with Gasteiger partial charge >= 0.3 is 0 Å². The molecule has 1 nitrogen and oxygen atoms in total. The van der Waals surface area contributed by atoms with E-state index in [1.807, 2.05) is 0 Å². The number of nitrogens with zero attached hydrogens (tertiary/aromatic N) is 1. The highest BCUT2D eigenvalue weighted by Gasteiger charge is 2.35. The van der Waals surface area contributed by atoms with E-state index in [0.717, 1.165) is 0 Å². The van der Waals surface area contributed by atoms with E-state index in [4.69, 9.17) is 0 Å². The predicted molar refractivity (Wildman–Crippen MR) is 106 cm³/mol. The van der Waals surface area contributed by atoms with E-state index >= 15 is 0 Å². The Bertz CT molecular complexity index is 1130. The number of aromatic nitrogens is 1. The zero-order chi connectivity index (χ0) is 17.2. The van der Waals surface area contributed by atoms with Gasteiger partial charge < -0.3 is 4.57 Å². The van der Waals surface area contributed by atoms with Gasteiger partial charge in [-0.2, -0.15) is 0 Å². The topological polar surface area (TPSA) is 4.93 Å². The quantitative estimate of drug-likeness (QED) is 0.390. The minimum Gasteiger partial charge on any atom is -0.317 e. The smallest absolute Gasteiger partial charge is 0.0528 e. The summed E-state index contributed by atoms with van der Waals surface area (Å²) in [6.07, 6.45) is 2.17. The summed E-state index contributed by atoms with van der Waals surface area (Å²) in [5, 5.41) is 1.28. The normalized spacial score (nSPS) is 14.5. The van der Waals surface area contributed by atoms with Crippen LogP contribution in [0.2, 0.25) is 0 Å². The highest BCUT2D eigenvalue weighted by Crippen LogP contribution is 2.49. The second-order valence-corrected chi connectivity index (χ2v) is 7.65. The maximum atomic E-state index is 2.37. The number of hydrogen-bond acceptors (Lipinski definition) is 0. The van der Waals surface area contributed by atoms with Crippen LogP contribution in [-0.4, -0.2) is 4.57 Å². The fraction of sp³-hybridized carbons (Fsp3) is 0.167. The molecule has 0 bridgehead atoms. The van der Waals surface area contributed by atoms with Gasteiger partial charge in [0.2, 0.25) is 0 Å². The zero-order valence-corrected chi connectivity index (χ0v) is 14.9. The van der Waals surface area contributed by atoms with Crippen molar-refractivity contribution in [3.8, 4) is 16.8 Å². The largest absolute Gasteiger partial charge is 0.317 e. The van der Waals surface area contributed by atoms with E-state index in [0.29, 0.717) is 0 Å². The van der Waals surface area contributed by atoms with Gasteiger partial charge in [-0.25, -0.2) is 0 Å². The van der Waals surface area contributed by atoms with Crippen LogP contribution in [0.15, 0.2) is 72.9 Å². The van der Waals surface area contributed by atoms with E-state index in [1.54, 1.807) is 0 Å². The predicted octanol–water partition coefficient (Wildman–Crippen LogP) is 6.25. The van der Waals surface area contributed by atoms with Crippen molar-refractivity contribution in [3.05, 3.63) is 89.6 Å². The van der Waals surface area contributed by atoms with Crippen LogP contribution >= 0.6 is 0 Å². The molecular formula is C24H21N. The second-order valence-electron chi connectivity index (χ2n) is 7.65. The van der Waals surface area contributed by atoms with Crippen molar-refractivity contribution in [2.75, 3.05) is 0 Å². The molecule has 0 saturated heterocycles. The van der Waals surface area contributed by atoms with Crippen LogP contribution < -0.4 is 0 Å². The van der Waals surface area contributed by atoms with Crippen LogP contribution in [0, 0.1) is 6.92 Å². The lowest BCUT2D eigenvalue weighted by atomic mass is 9.82. The van der Waals surface area contributed by atoms with E-state index in [9.17, 15) is 0 Å². The summed E-state index contributed by atoms with van der Waals surface area (Å²) in [6.45, 7) is 6.86. The molecular weight excluding hydrogens is 302 g/mol. The molecule has 4 aromatic rings. The minimum atomic E-state index is 0.0374. The lowest BCUT2D eigenvalue weighted by Crippen LogP contribution is -2.15. The highest BCUT2D eigenvalue weighted by molar-refractivity contribution is 5.84. The Morgan fingerprint density at radius 2 is 1.48 bits per heavy atom. The summed E-state index contributed by atoms with van der Waals surface area (Å²) < 4.78 is 2.29. The van der Waals surface area contributed by atoms with Gasteiger partial charge in [-0.15, -0.1) is 0 Å². The van der Waals surface area contributed by atoms with E-state index in [1.165, 1.54) is 44.4 Å². The van der Waals surface area contributed by atoms with Crippen molar-refractivity contribution >= 4 is 10.9 Å². The molecule has 1 aromatic heterocycles. The zero-order valence-electron chi connectivity index (χ0n) is 14.9. The van der Waals surface area contributed by atoms with Gasteiger partial charge in [-0.3, -0.25) is 0 Å². The maximum Gasteiger partial charge on any atom is 0.0528 e. The first-order valence-electron chi connectivity index (χ1n) is 8.88. The van der Waals surface area contributed by atoms with Crippen molar-refractivity contribution in [2.45, 2.75) is 26.2 Å². The SMILES string of the molecule is Cc1ccc2c(c1)C(C)(C)c1cc(-n3ccc4ccccc43)ccc1-2. The number of rotatable bonds is 1. The Labute approximate surface area is 148 Å². The molecule has 0 unspecified atom stereocenters. The van der Waals surface area contributed by atoms with Crippen LogP contribution in [0.5, 0.6) is 0 Å². The van der Waals surface area contributed by atoms with Crippen LogP contribution in [0.1, 0.15) is 30.5 Å². The lowest BCUT2D eigenvalue weighted by molar-refractivity contribution is 0.659. The van der Waals surface area contributed by atoms with Crippen LogP contribution in [0.3, 0.4) is 0 Å². The van der Waals surface area contributed by atoms with Gasteiger partial charge in [0.25, 0.3) is 0 Å². The number of fused-ring (bicyclic) bond motifs is 4. The molecule has 0 spiro atoms. The Hall–Kier alpha value is -2.80. The lowest BCUT2D eigenvalue weighted by Gasteiger charge is -2.22. The fourth-order valence-electron chi connectivity index (χ4n) is 4.30. The van der Waals surface area contributed by atoms with Gasteiger partial charge in [-0.1, -0.05) is 61.9 Å². The first kappa shape index (κ1) is 14.5. The molecule has 3 aromatic carbocycles. The van der Waals surface area contributed by atoms with Gasteiger partial charge in [0.15, 0.2) is 0 Å². The Morgan fingerprint density at radius 1 is 0.760 bits per heavy atom. The molecule has 1 aliphatic carbocycles. The molecule has 0 saturated carbocycles. The molecule has 122 valence electrons. The molecule has 5 rings (SSSR count). The van der Waals surface area contributed by atoms with Gasteiger partial charge in [0.1, 0.15) is 0 Å². The van der Waals surface area contributed by atoms with Crippen LogP contribution in [0.25, 0.3) is 27.7 Å². The standard InChI is InChI=1S/C24H21N/c1-16-8-10-19-20-11-9-18(15-22(20)24(2,3)21(19)14-16)25-13-12-17-6-4-5-7-23(17)25/h4-15H,1-3H3. The monoisotopic (exact) mass is 323 g/mol. The highest BCUT2D eigenvalue weighted by atomic mass is 15.0. The number of para-hydroxylation sites is 1. The Morgan fingerprint density at radius 3 is 2.32 bits per heavy atom. The molecule has 1 heteroatoms.